The van der Waals surface area contributed by atoms with Crippen molar-refractivity contribution in [2.75, 3.05) is 46.3 Å². The molecule has 0 bridgehead atoms. The quantitative estimate of drug-likeness (QED) is 0.593. The molecule has 1 N–H and O–H groups in total. The first-order chi connectivity index (χ1) is 12.5. The van der Waals surface area contributed by atoms with Crippen LogP contribution in [0.15, 0.2) is 23.2 Å². The molecule has 2 unspecified atom stereocenters. The molecule has 26 heavy (non-hydrogen) atoms. The number of benzene rings is 1. The fourth-order valence-electron chi connectivity index (χ4n) is 3.61. The van der Waals surface area contributed by atoms with Crippen LogP contribution in [0.1, 0.15) is 38.7 Å². The van der Waals surface area contributed by atoms with Gasteiger partial charge >= 0.3 is 0 Å². The molecular weight excluding hydrogens is 334 g/mol. The predicted octanol–water partition coefficient (Wildman–Crippen LogP) is 3.31. The first-order valence-electron chi connectivity index (χ1n) is 9.61. The van der Waals surface area contributed by atoms with Crippen molar-refractivity contribution < 1.29 is 8.78 Å². The third kappa shape index (κ3) is 5.40. The van der Waals surface area contributed by atoms with Crippen LogP contribution in [0.3, 0.4) is 0 Å². The molecule has 4 nitrogen and oxygen atoms in total. The van der Waals surface area contributed by atoms with Crippen molar-refractivity contribution in [3.05, 3.63) is 35.4 Å². The third-order valence-corrected chi connectivity index (χ3v) is 5.27. The summed E-state index contributed by atoms with van der Waals surface area (Å²) in [5.41, 5.74) is 0.523. The summed E-state index contributed by atoms with van der Waals surface area (Å²) >= 11 is 0. The lowest BCUT2D eigenvalue weighted by Gasteiger charge is -2.25. The van der Waals surface area contributed by atoms with Gasteiger partial charge in [0.25, 0.3) is 0 Å². The number of aliphatic imine (C=N–C) groups is 1. The Labute approximate surface area is 156 Å². The van der Waals surface area contributed by atoms with E-state index in [0.29, 0.717) is 18.0 Å². The molecule has 1 aliphatic heterocycles. The Kier molecular flexibility index (Phi) is 7.82. The van der Waals surface area contributed by atoms with Gasteiger partial charge in [-0.2, -0.15) is 0 Å². The van der Waals surface area contributed by atoms with E-state index in [4.69, 9.17) is 0 Å². The SMILES string of the molecule is CCN(CC)CC1CCN(C(=NC)NCC(C)c2ccc(F)cc2F)C1. The predicted molar refractivity (Wildman–Crippen MR) is 104 cm³/mol. The minimum Gasteiger partial charge on any atom is -0.356 e. The maximum absolute atomic E-state index is 13.9. The lowest BCUT2D eigenvalue weighted by molar-refractivity contribution is 0.255. The number of halogens is 2. The summed E-state index contributed by atoms with van der Waals surface area (Å²) in [6.07, 6.45) is 1.17. The van der Waals surface area contributed by atoms with E-state index in [1.807, 2.05) is 6.92 Å². The molecule has 2 rings (SSSR count). The van der Waals surface area contributed by atoms with Gasteiger partial charge in [-0.15, -0.1) is 0 Å². The fraction of sp³-hybridized carbons (Fsp3) is 0.650. The van der Waals surface area contributed by atoms with E-state index in [0.717, 1.165) is 44.7 Å². The van der Waals surface area contributed by atoms with E-state index >= 15 is 0 Å². The number of nitrogens with one attached hydrogen (secondary N) is 1. The first-order valence-corrected chi connectivity index (χ1v) is 9.61. The van der Waals surface area contributed by atoms with Gasteiger partial charge in [0.2, 0.25) is 0 Å². The summed E-state index contributed by atoms with van der Waals surface area (Å²) in [7, 11) is 1.78. The average molecular weight is 367 g/mol. The van der Waals surface area contributed by atoms with E-state index in [1.165, 1.54) is 18.6 Å². The van der Waals surface area contributed by atoms with Crippen molar-refractivity contribution in [2.45, 2.75) is 33.1 Å². The lowest BCUT2D eigenvalue weighted by Crippen LogP contribution is -2.42. The highest BCUT2D eigenvalue weighted by molar-refractivity contribution is 5.80. The molecule has 0 radical (unpaired) electrons. The number of guanidine groups is 1. The van der Waals surface area contributed by atoms with Crippen LogP contribution in [0.25, 0.3) is 0 Å². The van der Waals surface area contributed by atoms with Gasteiger partial charge in [0, 0.05) is 45.2 Å². The van der Waals surface area contributed by atoms with E-state index in [-0.39, 0.29) is 5.92 Å². The Balaban J connectivity index is 1.88. The van der Waals surface area contributed by atoms with E-state index in [9.17, 15) is 8.78 Å². The zero-order valence-corrected chi connectivity index (χ0v) is 16.4. The molecule has 1 saturated heterocycles. The number of hydrogen-bond donors (Lipinski definition) is 1. The molecule has 1 fully saturated rings. The van der Waals surface area contributed by atoms with Crippen LogP contribution in [-0.4, -0.2) is 62.1 Å². The molecule has 0 aromatic heterocycles. The number of rotatable bonds is 7. The highest BCUT2D eigenvalue weighted by atomic mass is 19.1. The van der Waals surface area contributed by atoms with Gasteiger partial charge in [-0.3, -0.25) is 4.99 Å². The van der Waals surface area contributed by atoms with Crippen molar-refractivity contribution in [3.63, 3.8) is 0 Å². The zero-order chi connectivity index (χ0) is 19.1. The summed E-state index contributed by atoms with van der Waals surface area (Å²) in [5, 5.41) is 3.36. The molecule has 2 atom stereocenters. The summed E-state index contributed by atoms with van der Waals surface area (Å²) in [6.45, 7) is 12.2. The minimum absolute atomic E-state index is 0.0681. The second-order valence-corrected chi connectivity index (χ2v) is 7.08. The van der Waals surface area contributed by atoms with Crippen molar-refractivity contribution in [2.24, 2.45) is 10.9 Å². The fourth-order valence-corrected chi connectivity index (χ4v) is 3.61. The topological polar surface area (TPSA) is 30.9 Å². The molecule has 0 spiro atoms. The van der Waals surface area contributed by atoms with Crippen molar-refractivity contribution in [1.29, 1.82) is 0 Å². The van der Waals surface area contributed by atoms with Gasteiger partial charge in [0.1, 0.15) is 11.6 Å². The number of likely N-dealkylation sites (tertiary alicyclic amines) is 1. The molecule has 1 aromatic carbocycles. The first kappa shape index (κ1) is 20.6. The largest absolute Gasteiger partial charge is 0.356 e. The Morgan fingerprint density at radius 1 is 1.35 bits per heavy atom. The van der Waals surface area contributed by atoms with Crippen molar-refractivity contribution >= 4 is 5.96 Å². The standard InChI is InChI=1S/C20H32F2N4/c1-5-25(6-2)13-16-9-10-26(14-16)20(23-4)24-12-15(3)18-8-7-17(21)11-19(18)22/h7-8,11,15-16H,5-6,9-10,12-14H2,1-4H3,(H,23,24). The van der Waals surface area contributed by atoms with Gasteiger partial charge < -0.3 is 15.1 Å². The van der Waals surface area contributed by atoms with Gasteiger partial charge in [-0.1, -0.05) is 26.8 Å². The zero-order valence-electron chi connectivity index (χ0n) is 16.4. The van der Waals surface area contributed by atoms with E-state index in [2.05, 4.69) is 34.0 Å². The van der Waals surface area contributed by atoms with Crippen molar-refractivity contribution in [1.82, 2.24) is 15.1 Å². The second kappa shape index (κ2) is 9.86. The van der Waals surface area contributed by atoms with Crippen LogP contribution in [0.4, 0.5) is 8.78 Å². The molecule has 0 saturated carbocycles. The molecule has 0 amide bonds. The highest BCUT2D eigenvalue weighted by Crippen LogP contribution is 2.20. The minimum atomic E-state index is -0.543. The number of hydrogen-bond acceptors (Lipinski definition) is 2. The number of nitrogens with zero attached hydrogens (tertiary/aromatic N) is 3. The third-order valence-electron chi connectivity index (χ3n) is 5.27. The Morgan fingerprint density at radius 2 is 2.08 bits per heavy atom. The maximum atomic E-state index is 13.9. The van der Waals surface area contributed by atoms with Gasteiger partial charge in [0.15, 0.2) is 5.96 Å². The van der Waals surface area contributed by atoms with Crippen LogP contribution in [0, 0.1) is 17.6 Å². The van der Waals surface area contributed by atoms with Gasteiger partial charge in [-0.25, -0.2) is 8.78 Å². The Morgan fingerprint density at radius 3 is 2.69 bits per heavy atom. The highest BCUT2D eigenvalue weighted by Gasteiger charge is 2.26. The van der Waals surface area contributed by atoms with Crippen LogP contribution < -0.4 is 5.32 Å². The van der Waals surface area contributed by atoms with Crippen molar-refractivity contribution in [3.8, 4) is 0 Å². The Hall–Kier alpha value is -1.69. The van der Waals surface area contributed by atoms with E-state index < -0.39 is 11.6 Å². The van der Waals surface area contributed by atoms with Crippen LogP contribution in [-0.2, 0) is 0 Å². The Bertz CT molecular complexity index is 601. The molecular formula is C20H32F2N4. The smallest absolute Gasteiger partial charge is 0.193 e. The summed E-state index contributed by atoms with van der Waals surface area (Å²) < 4.78 is 27.0. The van der Waals surface area contributed by atoms with Crippen LogP contribution in [0.2, 0.25) is 0 Å². The lowest BCUT2D eigenvalue weighted by atomic mass is 10.0. The van der Waals surface area contributed by atoms with Gasteiger partial charge in [-0.05, 0) is 37.1 Å². The average Bonchev–Trinajstić information content (AvgIpc) is 3.08. The molecule has 1 aromatic rings. The maximum Gasteiger partial charge on any atom is 0.193 e. The van der Waals surface area contributed by atoms with Gasteiger partial charge in [0.05, 0.1) is 0 Å². The van der Waals surface area contributed by atoms with E-state index in [1.54, 1.807) is 7.05 Å². The molecule has 1 heterocycles. The van der Waals surface area contributed by atoms with Crippen LogP contribution >= 0.6 is 0 Å². The molecule has 1 aliphatic rings. The second-order valence-electron chi connectivity index (χ2n) is 7.08. The molecule has 0 aliphatic carbocycles. The summed E-state index contributed by atoms with van der Waals surface area (Å²) in [4.78, 5) is 9.13. The summed E-state index contributed by atoms with van der Waals surface area (Å²) in [6, 6.07) is 3.77. The normalized spacial score (nSPS) is 19.3. The molecule has 6 heteroatoms. The summed E-state index contributed by atoms with van der Waals surface area (Å²) in [5.74, 6) is 0.413. The van der Waals surface area contributed by atoms with Crippen LogP contribution in [0.5, 0.6) is 0 Å². The molecule has 146 valence electrons. The monoisotopic (exact) mass is 366 g/mol.